The van der Waals surface area contributed by atoms with Crippen molar-refractivity contribution in [1.82, 2.24) is 9.78 Å². The minimum atomic E-state index is -0.808. The van der Waals surface area contributed by atoms with Crippen LogP contribution < -0.4 is 4.74 Å². The van der Waals surface area contributed by atoms with Crippen molar-refractivity contribution in [1.29, 1.82) is 0 Å². The highest BCUT2D eigenvalue weighted by molar-refractivity contribution is 5.67. The van der Waals surface area contributed by atoms with Crippen molar-refractivity contribution in [3.05, 3.63) is 35.5 Å². The molecule has 0 saturated carbocycles. The van der Waals surface area contributed by atoms with Crippen LogP contribution in [0, 0.1) is 6.92 Å². The van der Waals surface area contributed by atoms with Crippen LogP contribution in [0.1, 0.15) is 17.7 Å². The summed E-state index contributed by atoms with van der Waals surface area (Å²) in [5.74, 6) is 0.0412. The fourth-order valence-corrected chi connectivity index (χ4v) is 2.19. The van der Waals surface area contributed by atoms with Crippen LogP contribution in [-0.4, -0.2) is 28.0 Å². The highest BCUT2D eigenvalue weighted by atomic mass is 16.5. The second-order valence-corrected chi connectivity index (χ2v) is 4.72. The van der Waals surface area contributed by atoms with Gasteiger partial charge in [0.25, 0.3) is 0 Å². The number of ether oxygens (including phenoxy) is 1. The van der Waals surface area contributed by atoms with Crippen LogP contribution >= 0.6 is 0 Å². The third-order valence-electron chi connectivity index (χ3n) is 3.22. The average molecular weight is 274 g/mol. The van der Waals surface area contributed by atoms with E-state index in [-0.39, 0.29) is 6.42 Å². The molecule has 0 aliphatic heterocycles. The van der Waals surface area contributed by atoms with Gasteiger partial charge in [0.15, 0.2) is 0 Å². The summed E-state index contributed by atoms with van der Waals surface area (Å²) in [6, 6.07) is 7.87. The van der Waals surface area contributed by atoms with Gasteiger partial charge in [-0.25, -0.2) is 0 Å². The van der Waals surface area contributed by atoms with Gasteiger partial charge in [0, 0.05) is 19.0 Å². The maximum atomic E-state index is 10.6. The van der Waals surface area contributed by atoms with E-state index in [9.17, 15) is 4.79 Å². The molecule has 0 radical (unpaired) electrons. The molecule has 1 aromatic carbocycles. The lowest BCUT2D eigenvalue weighted by Gasteiger charge is -2.07. The van der Waals surface area contributed by atoms with Crippen molar-refractivity contribution in [3.63, 3.8) is 0 Å². The Morgan fingerprint density at radius 3 is 2.75 bits per heavy atom. The van der Waals surface area contributed by atoms with Crippen molar-refractivity contribution in [3.8, 4) is 17.0 Å². The number of aromatic nitrogens is 2. The first-order valence-electron chi connectivity index (χ1n) is 6.41. The number of aliphatic carboxylic acids is 1. The van der Waals surface area contributed by atoms with Crippen molar-refractivity contribution in [2.24, 2.45) is 7.05 Å². The van der Waals surface area contributed by atoms with Gasteiger partial charge in [-0.3, -0.25) is 9.48 Å². The lowest BCUT2D eigenvalue weighted by Crippen LogP contribution is -1.99. The summed E-state index contributed by atoms with van der Waals surface area (Å²) < 4.78 is 7.02. The Morgan fingerprint density at radius 1 is 1.40 bits per heavy atom. The number of rotatable bonds is 5. The number of carboxylic acids is 1. The molecular weight excluding hydrogens is 256 g/mol. The molecule has 1 N–H and O–H groups in total. The number of hydrogen-bond donors (Lipinski definition) is 1. The molecule has 0 unspecified atom stereocenters. The summed E-state index contributed by atoms with van der Waals surface area (Å²) in [6.07, 6.45) is 0.538. The monoisotopic (exact) mass is 274 g/mol. The minimum Gasteiger partial charge on any atom is -0.496 e. The third kappa shape index (κ3) is 2.99. The molecule has 0 bridgehead atoms. The fourth-order valence-electron chi connectivity index (χ4n) is 2.19. The zero-order valence-electron chi connectivity index (χ0n) is 11.9. The largest absolute Gasteiger partial charge is 0.496 e. The van der Waals surface area contributed by atoms with Gasteiger partial charge in [-0.15, -0.1) is 0 Å². The molecule has 5 nitrogen and oxygen atoms in total. The molecule has 0 atom stereocenters. The Labute approximate surface area is 117 Å². The molecule has 0 spiro atoms. The third-order valence-corrected chi connectivity index (χ3v) is 3.22. The van der Waals surface area contributed by atoms with Crippen LogP contribution in [0.3, 0.4) is 0 Å². The van der Waals surface area contributed by atoms with E-state index in [4.69, 9.17) is 9.84 Å². The number of aryl methyl sites for hydroxylation is 3. The normalized spacial score (nSPS) is 10.6. The summed E-state index contributed by atoms with van der Waals surface area (Å²) in [4.78, 5) is 10.6. The smallest absolute Gasteiger partial charge is 0.303 e. The van der Waals surface area contributed by atoms with Gasteiger partial charge < -0.3 is 9.84 Å². The maximum absolute atomic E-state index is 10.6. The molecule has 2 aromatic rings. The molecule has 0 aliphatic rings. The van der Waals surface area contributed by atoms with E-state index in [1.54, 1.807) is 11.8 Å². The number of hydrogen-bond acceptors (Lipinski definition) is 3. The molecule has 2 rings (SSSR count). The SMILES string of the molecule is COc1ccc(-c2cc(CCC(=O)O)nn2C)cc1C. The summed E-state index contributed by atoms with van der Waals surface area (Å²) in [7, 11) is 3.51. The molecule has 5 heteroatoms. The van der Waals surface area contributed by atoms with Crippen LogP contribution in [0.4, 0.5) is 0 Å². The zero-order valence-corrected chi connectivity index (χ0v) is 11.9. The topological polar surface area (TPSA) is 64.3 Å². The van der Waals surface area contributed by atoms with E-state index in [1.165, 1.54) is 0 Å². The highest BCUT2D eigenvalue weighted by Crippen LogP contribution is 2.26. The van der Waals surface area contributed by atoms with Crippen LogP contribution in [0.15, 0.2) is 24.3 Å². The lowest BCUT2D eigenvalue weighted by atomic mass is 10.1. The van der Waals surface area contributed by atoms with Gasteiger partial charge in [0.05, 0.1) is 24.9 Å². The number of carbonyl (C=O) groups is 1. The zero-order chi connectivity index (χ0) is 14.7. The van der Waals surface area contributed by atoms with E-state index in [0.29, 0.717) is 6.42 Å². The van der Waals surface area contributed by atoms with Crippen LogP contribution in [0.5, 0.6) is 5.75 Å². The average Bonchev–Trinajstić information content (AvgIpc) is 2.77. The van der Waals surface area contributed by atoms with Crippen LogP contribution in [0.25, 0.3) is 11.3 Å². The minimum absolute atomic E-state index is 0.0953. The van der Waals surface area contributed by atoms with E-state index < -0.39 is 5.97 Å². The molecule has 1 heterocycles. The van der Waals surface area contributed by atoms with Crippen molar-refractivity contribution in [2.75, 3.05) is 7.11 Å². The van der Waals surface area contributed by atoms with Crippen molar-refractivity contribution in [2.45, 2.75) is 19.8 Å². The predicted molar refractivity (Wildman–Crippen MR) is 75.9 cm³/mol. The number of nitrogens with zero attached hydrogens (tertiary/aromatic N) is 2. The molecule has 106 valence electrons. The fraction of sp³-hybridized carbons (Fsp3) is 0.333. The van der Waals surface area contributed by atoms with Crippen molar-refractivity contribution < 1.29 is 14.6 Å². The molecule has 0 fully saturated rings. The summed E-state index contributed by atoms with van der Waals surface area (Å²) >= 11 is 0. The number of benzene rings is 1. The maximum Gasteiger partial charge on any atom is 0.303 e. The second-order valence-electron chi connectivity index (χ2n) is 4.72. The molecule has 0 saturated heterocycles. The van der Waals surface area contributed by atoms with E-state index in [2.05, 4.69) is 5.10 Å². The standard InChI is InChI=1S/C15H18N2O3/c1-10-8-11(4-6-14(10)20-3)13-9-12(16-17(13)2)5-7-15(18)19/h4,6,8-9H,5,7H2,1-3H3,(H,18,19). The second kappa shape index (κ2) is 5.77. The Hall–Kier alpha value is -2.30. The predicted octanol–water partition coefficient (Wildman–Crippen LogP) is 2.42. The van der Waals surface area contributed by atoms with E-state index >= 15 is 0 Å². The first kappa shape index (κ1) is 14.1. The quantitative estimate of drug-likeness (QED) is 0.909. The first-order valence-corrected chi connectivity index (χ1v) is 6.41. The molecule has 1 aromatic heterocycles. The van der Waals surface area contributed by atoms with Gasteiger partial charge in [0.1, 0.15) is 5.75 Å². The van der Waals surface area contributed by atoms with Crippen molar-refractivity contribution >= 4 is 5.97 Å². The molecular formula is C15H18N2O3. The lowest BCUT2D eigenvalue weighted by molar-refractivity contribution is -0.136. The first-order chi connectivity index (χ1) is 9.51. The van der Waals surface area contributed by atoms with Gasteiger partial charge in [-0.05, 0) is 36.8 Å². The number of carboxylic acid groups (broad SMARTS) is 1. The molecule has 0 amide bonds. The van der Waals surface area contributed by atoms with Gasteiger partial charge in [0.2, 0.25) is 0 Å². The Morgan fingerprint density at radius 2 is 2.15 bits per heavy atom. The van der Waals surface area contributed by atoms with E-state index in [0.717, 1.165) is 28.3 Å². The Kier molecular flexibility index (Phi) is 4.08. The van der Waals surface area contributed by atoms with Gasteiger partial charge >= 0.3 is 5.97 Å². The molecule has 0 aliphatic carbocycles. The van der Waals surface area contributed by atoms with Crippen LogP contribution in [-0.2, 0) is 18.3 Å². The Balaban J connectivity index is 2.28. The Bertz CT molecular complexity index is 632. The molecule has 20 heavy (non-hydrogen) atoms. The summed E-state index contributed by atoms with van der Waals surface area (Å²) in [5, 5.41) is 13.1. The number of methoxy groups -OCH3 is 1. The van der Waals surface area contributed by atoms with Crippen LogP contribution in [0.2, 0.25) is 0 Å². The highest BCUT2D eigenvalue weighted by Gasteiger charge is 2.10. The van der Waals surface area contributed by atoms with Gasteiger partial charge in [-0.2, -0.15) is 5.10 Å². The van der Waals surface area contributed by atoms with Gasteiger partial charge in [-0.1, -0.05) is 0 Å². The van der Waals surface area contributed by atoms with E-state index in [1.807, 2.05) is 38.2 Å². The summed E-state index contributed by atoms with van der Waals surface area (Å²) in [5.41, 5.74) is 3.85. The summed E-state index contributed by atoms with van der Waals surface area (Å²) in [6.45, 7) is 1.99.